The van der Waals surface area contributed by atoms with Crippen molar-refractivity contribution in [2.24, 2.45) is 0 Å². The molecule has 0 bridgehead atoms. The van der Waals surface area contributed by atoms with E-state index in [2.05, 4.69) is 10.3 Å². The van der Waals surface area contributed by atoms with Gasteiger partial charge in [-0.2, -0.15) is 0 Å². The lowest BCUT2D eigenvalue weighted by molar-refractivity contribution is 0.0446. The van der Waals surface area contributed by atoms with Crippen molar-refractivity contribution in [2.75, 3.05) is 6.54 Å². The summed E-state index contributed by atoms with van der Waals surface area (Å²) >= 11 is 0. The van der Waals surface area contributed by atoms with Gasteiger partial charge in [-0.3, -0.25) is 4.98 Å². The van der Waals surface area contributed by atoms with E-state index in [1.807, 2.05) is 39.0 Å². The molecule has 0 radical (unpaired) electrons. The van der Waals surface area contributed by atoms with E-state index in [4.69, 9.17) is 0 Å². The average Bonchev–Trinajstić information content (AvgIpc) is 2.18. The lowest BCUT2D eigenvalue weighted by atomic mass is 10.0. The zero-order valence-corrected chi connectivity index (χ0v) is 9.70. The fourth-order valence-electron chi connectivity index (χ4n) is 1.21. The second-order valence-electron chi connectivity index (χ2n) is 4.40. The number of aliphatic hydroxyl groups is 1. The molecule has 0 spiro atoms. The molecule has 1 aromatic heterocycles. The third kappa shape index (κ3) is 4.40. The van der Waals surface area contributed by atoms with E-state index < -0.39 is 5.60 Å². The van der Waals surface area contributed by atoms with Crippen LogP contribution in [0.5, 0.6) is 0 Å². The van der Waals surface area contributed by atoms with E-state index in [9.17, 15) is 5.11 Å². The zero-order valence-electron chi connectivity index (χ0n) is 9.70. The van der Waals surface area contributed by atoms with E-state index >= 15 is 0 Å². The first kappa shape index (κ1) is 12.1. The van der Waals surface area contributed by atoms with Gasteiger partial charge in [0.25, 0.3) is 0 Å². The topological polar surface area (TPSA) is 45.2 Å². The van der Waals surface area contributed by atoms with Crippen molar-refractivity contribution >= 4 is 0 Å². The predicted molar refractivity (Wildman–Crippen MR) is 61.7 cm³/mol. The number of hydrogen-bond donors (Lipinski definition) is 2. The number of nitrogens with one attached hydrogen (secondary N) is 1. The van der Waals surface area contributed by atoms with Gasteiger partial charge >= 0.3 is 0 Å². The zero-order chi connectivity index (χ0) is 11.3. The van der Waals surface area contributed by atoms with Gasteiger partial charge in [0, 0.05) is 30.9 Å². The van der Waals surface area contributed by atoms with E-state index in [-0.39, 0.29) is 6.04 Å². The maximum absolute atomic E-state index is 9.71. The molecular weight excluding hydrogens is 188 g/mol. The highest BCUT2D eigenvalue weighted by molar-refractivity contribution is 5.03. The monoisotopic (exact) mass is 208 g/mol. The molecule has 1 atom stereocenters. The predicted octanol–water partition coefficient (Wildman–Crippen LogP) is 1.37. The van der Waals surface area contributed by atoms with Gasteiger partial charge in [-0.1, -0.05) is 6.07 Å². The quantitative estimate of drug-likeness (QED) is 0.768. The normalized spacial score (nSPS) is 13.9. The third-order valence-corrected chi connectivity index (χ3v) is 2.62. The maximum atomic E-state index is 9.71. The van der Waals surface area contributed by atoms with Crippen LogP contribution >= 0.6 is 0 Å². The molecule has 0 aliphatic carbocycles. The molecule has 1 heterocycles. The van der Waals surface area contributed by atoms with Gasteiger partial charge < -0.3 is 10.4 Å². The number of nitrogens with zero attached hydrogens (tertiary/aromatic N) is 1. The smallest absolute Gasteiger partial charge is 0.0741 e. The molecule has 3 nitrogen and oxygen atoms in total. The Bertz CT molecular complexity index is 279. The van der Waals surface area contributed by atoms with Gasteiger partial charge in [0.1, 0.15) is 0 Å². The minimum absolute atomic E-state index is 0.0845. The molecule has 0 saturated heterocycles. The fourth-order valence-corrected chi connectivity index (χ4v) is 1.21. The summed E-state index contributed by atoms with van der Waals surface area (Å²) in [5.41, 5.74) is 0.400. The summed E-state index contributed by atoms with van der Waals surface area (Å²) in [4.78, 5) is 4.24. The molecule has 0 saturated carbocycles. The Balaban J connectivity index is 2.28. The molecule has 0 aliphatic rings. The maximum Gasteiger partial charge on any atom is 0.0741 e. The van der Waals surface area contributed by atoms with Crippen LogP contribution < -0.4 is 5.32 Å². The first-order valence-electron chi connectivity index (χ1n) is 5.36. The minimum Gasteiger partial charge on any atom is -0.389 e. The Morgan fingerprint density at radius 3 is 2.73 bits per heavy atom. The Morgan fingerprint density at radius 1 is 1.47 bits per heavy atom. The molecule has 3 heteroatoms. The second-order valence-corrected chi connectivity index (χ2v) is 4.40. The summed E-state index contributed by atoms with van der Waals surface area (Å²) in [7, 11) is 0. The van der Waals surface area contributed by atoms with Crippen molar-refractivity contribution in [3.8, 4) is 0 Å². The van der Waals surface area contributed by atoms with Gasteiger partial charge in [0.2, 0.25) is 0 Å². The van der Waals surface area contributed by atoms with Gasteiger partial charge in [-0.25, -0.2) is 0 Å². The molecule has 15 heavy (non-hydrogen) atoms. The highest BCUT2D eigenvalue weighted by atomic mass is 16.3. The number of rotatable bonds is 5. The van der Waals surface area contributed by atoms with Crippen molar-refractivity contribution in [3.05, 3.63) is 30.1 Å². The van der Waals surface area contributed by atoms with Crippen molar-refractivity contribution in [1.29, 1.82) is 0 Å². The van der Waals surface area contributed by atoms with Gasteiger partial charge in [-0.15, -0.1) is 0 Å². The molecule has 0 aromatic carbocycles. The Hall–Kier alpha value is -0.930. The second kappa shape index (κ2) is 5.24. The van der Waals surface area contributed by atoms with E-state index in [0.717, 1.165) is 18.7 Å². The number of pyridine rings is 1. The van der Waals surface area contributed by atoms with Crippen LogP contribution in [0.1, 0.15) is 26.5 Å². The molecule has 84 valence electrons. The van der Waals surface area contributed by atoms with Crippen LogP contribution in [-0.4, -0.2) is 28.3 Å². The number of aromatic nitrogens is 1. The van der Waals surface area contributed by atoms with E-state index in [0.29, 0.717) is 0 Å². The Kier molecular flexibility index (Phi) is 4.24. The van der Waals surface area contributed by atoms with E-state index in [1.165, 1.54) is 0 Å². The van der Waals surface area contributed by atoms with Gasteiger partial charge in [-0.05, 0) is 32.9 Å². The summed E-state index contributed by atoms with van der Waals surface area (Å²) in [6.07, 6.45) is 2.69. The molecule has 0 aliphatic heterocycles. The first-order chi connectivity index (χ1) is 7.00. The van der Waals surface area contributed by atoms with Crippen LogP contribution in [0.2, 0.25) is 0 Å². The van der Waals surface area contributed by atoms with Gasteiger partial charge in [0.05, 0.1) is 5.60 Å². The standard InChI is InChI=1S/C12H20N2O/c1-10(12(2,3)15)13-9-7-11-6-4-5-8-14-11/h4-6,8,10,13,15H,7,9H2,1-3H3. The molecule has 1 aromatic rings. The van der Waals surface area contributed by atoms with Crippen LogP contribution in [-0.2, 0) is 6.42 Å². The largest absolute Gasteiger partial charge is 0.389 e. The molecule has 1 rings (SSSR count). The van der Waals surface area contributed by atoms with Crippen LogP contribution in [0.4, 0.5) is 0 Å². The van der Waals surface area contributed by atoms with Crippen LogP contribution in [0, 0.1) is 0 Å². The highest BCUT2D eigenvalue weighted by Gasteiger charge is 2.20. The summed E-state index contributed by atoms with van der Waals surface area (Å²) in [6.45, 7) is 6.44. The molecule has 1 unspecified atom stereocenters. The Morgan fingerprint density at radius 2 is 2.20 bits per heavy atom. The summed E-state index contributed by atoms with van der Waals surface area (Å²) < 4.78 is 0. The van der Waals surface area contributed by atoms with Crippen LogP contribution in [0.25, 0.3) is 0 Å². The minimum atomic E-state index is -0.676. The SMILES string of the molecule is CC(NCCc1ccccn1)C(C)(C)O. The van der Waals surface area contributed by atoms with Gasteiger partial charge in [0.15, 0.2) is 0 Å². The lowest BCUT2D eigenvalue weighted by Gasteiger charge is -2.26. The lowest BCUT2D eigenvalue weighted by Crippen LogP contribution is -2.45. The van der Waals surface area contributed by atoms with Crippen LogP contribution in [0.15, 0.2) is 24.4 Å². The molecule has 0 amide bonds. The highest BCUT2D eigenvalue weighted by Crippen LogP contribution is 2.07. The summed E-state index contributed by atoms with van der Waals surface area (Å²) in [5, 5.41) is 13.0. The molecule has 0 fully saturated rings. The van der Waals surface area contributed by atoms with Crippen molar-refractivity contribution in [3.63, 3.8) is 0 Å². The van der Waals surface area contributed by atoms with E-state index in [1.54, 1.807) is 6.20 Å². The number of hydrogen-bond acceptors (Lipinski definition) is 3. The third-order valence-electron chi connectivity index (χ3n) is 2.62. The molecular formula is C12H20N2O. The Labute approximate surface area is 91.5 Å². The van der Waals surface area contributed by atoms with Crippen molar-refractivity contribution < 1.29 is 5.11 Å². The summed E-state index contributed by atoms with van der Waals surface area (Å²) in [5.74, 6) is 0. The molecule has 2 N–H and O–H groups in total. The van der Waals surface area contributed by atoms with Crippen LogP contribution in [0.3, 0.4) is 0 Å². The fraction of sp³-hybridized carbons (Fsp3) is 0.583. The van der Waals surface area contributed by atoms with Crippen molar-refractivity contribution in [1.82, 2.24) is 10.3 Å². The summed E-state index contributed by atoms with van der Waals surface area (Å²) in [6, 6.07) is 6.00. The van der Waals surface area contributed by atoms with Crippen molar-refractivity contribution in [2.45, 2.75) is 38.8 Å². The first-order valence-corrected chi connectivity index (χ1v) is 5.36. The average molecular weight is 208 g/mol.